The van der Waals surface area contributed by atoms with Crippen molar-refractivity contribution in [1.82, 2.24) is 9.97 Å². The van der Waals surface area contributed by atoms with Crippen molar-refractivity contribution in [3.8, 4) is 0 Å². The third-order valence-corrected chi connectivity index (χ3v) is 3.43. The highest BCUT2D eigenvalue weighted by atomic mass is 79.9. The minimum Gasteiger partial charge on any atom is -0.309 e. The zero-order valence-corrected chi connectivity index (χ0v) is 12.7. The first-order valence-corrected chi connectivity index (χ1v) is 7.01. The van der Waals surface area contributed by atoms with Crippen molar-refractivity contribution in [2.45, 2.75) is 12.8 Å². The molecule has 0 fully saturated rings. The minimum absolute atomic E-state index is 0.510. The van der Waals surface area contributed by atoms with Crippen molar-refractivity contribution in [2.75, 3.05) is 0 Å². The van der Waals surface area contributed by atoms with Crippen LogP contribution in [0.2, 0.25) is 0 Å². The Bertz CT molecular complexity index is 555. The van der Waals surface area contributed by atoms with Gasteiger partial charge in [-0.05, 0) is 37.4 Å². The summed E-state index contributed by atoms with van der Waals surface area (Å²) in [5, 5.41) is 8.01. The molecule has 1 N–H and O–H groups in total. The van der Waals surface area contributed by atoms with Gasteiger partial charge in [-0.3, -0.25) is 4.98 Å². The molecule has 0 saturated carbocycles. The molecule has 0 saturated heterocycles. The number of nitrogens with zero attached hydrogens (tertiary/aromatic N) is 2. The van der Waals surface area contributed by atoms with Crippen LogP contribution in [0.4, 0.5) is 0 Å². The van der Waals surface area contributed by atoms with E-state index in [0.717, 1.165) is 11.3 Å². The number of halogens is 2. The summed E-state index contributed by atoms with van der Waals surface area (Å²) in [5.74, 6) is 0. The van der Waals surface area contributed by atoms with E-state index in [1.165, 1.54) is 0 Å². The van der Waals surface area contributed by atoms with Crippen LogP contribution in [0.25, 0.3) is 0 Å². The summed E-state index contributed by atoms with van der Waals surface area (Å²) >= 11 is 6.62. The maximum Gasteiger partial charge on any atom is 0.129 e. The molecule has 0 amide bonds. The lowest BCUT2D eigenvalue weighted by Gasteiger charge is -2.05. The van der Waals surface area contributed by atoms with Gasteiger partial charge in [0.05, 0.1) is 11.9 Å². The van der Waals surface area contributed by atoms with E-state index in [1.54, 1.807) is 6.20 Å². The Morgan fingerprint density at radius 2 is 1.83 bits per heavy atom. The van der Waals surface area contributed by atoms with Gasteiger partial charge in [-0.2, -0.15) is 0 Å². The molecule has 1 heterocycles. The van der Waals surface area contributed by atoms with Crippen molar-refractivity contribution >= 4 is 37.6 Å². The molecule has 0 aliphatic carbocycles. The van der Waals surface area contributed by atoms with Gasteiger partial charge < -0.3 is 5.41 Å². The fraction of sp³-hybridized carbons (Fsp3) is 0.154. The highest BCUT2D eigenvalue weighted by Gasteiger charge is 2.07. The molecular weight excluding hydrogens is 358 g/mol. The van der Waals surface area contributed by atoms with Crippen LogP contribution in [0.3, 0.4) is 0 Å². The summed E-state index contributed by atoms with van der Waals surface area (Å²) < 4.78 is 1.38. The molecule has 2 aromatic rings. The number of hydrogen-bond acceptors (Lipinski definition) is 3. The number of benzene rings is 1. The van der Waals surface area contributed by atoms with Gasteiger partial charge in [0.25, 0.3) is 0 Å². The average Bonchev–Trinajstić information content (AvgIpc) is 2.34. The summed E-state index contributed by atoms with van der Waals surface area (Å²) in [6.45, 7) is 0. The van der Waals surface area contributed by atoms with Crippen LogP contribution in [0.1, 0.15) is 11.3 Å². The highest BCUT2D eigenvalue weighted by Crippen LogP contribution is 2.16. The van der Waals surface area contributed by atoms with E-state index in [0.29, 0.717) is 27.8 Å². The second kappa shape index (κ2) is 6.20. The van der Waals surface area contributed by atoms with Gasteiger partial charge in [0.2, 0.25) is 0 Å². The monoisotopic (exact) mass is 367 g/mol. The van der Waals surface area contributed by atoms with Crippen LogP contribution < -0.4 is 0 Å². The van der Waals surface area contributed by atoms with Gasteiger partial charge in [0.15, 0.2) is 0 Å². The maximum absolute atomic E-state index is 8.01. The normalized spacial score (nSPS) is 10.3. The van der Waals surface area contributed by atoms with Gasteiger partial charge in [0.1, 0.15) is 9.21 Å². The minimum atomic E-state index is 0.510. The fourth-order valence-corrected chi connectivity index (χ4v) is 2.55. The predicted octanol–water partition coefficient (Wildman–Crippen LogP) is 3.81. The van der Waals surface area contributed by atoms with Crippen molar-refractivity contribution in [3.05, 3.63) is 57.0 Å². The number of nitrogens with one attached hydrogen (secondary N) is 1. The van der Waals surface area contributed by atoms with Crippen LogP contribution in [0.5, 0.6) is 0 Å². The summed E-state index contributed by atoms with van der Waals surface area (Å²) in [6, 6.07) is 9.99. The molecule has 92 valence electrons. The van der Waals surface area contributed by atoms with E-state index in [4.69, 9.17) is 5.41 Å². The van der Waals surface area contributed by atoms with Crippen molar-refractivity contribution in [1.29, 1.82) is 5.41 Å². The van der Waals surface area contributed by atoms with Crippen LogP contribution in [0.15, 0.2) is 45.7 Å². The number of hydrogen-bond donors (Lipinski definition) is 1. The Morgan fingerprint density at radius 1 is 1.11 bits per heavy atom. The Kier molecular flexibility index (Phi) is 4.60. The molecular formula is C13H11Br2N3. The molecule has 1 aromatic heterocycles. The van der Waals surface area contributed by atoms with E-state index in [2.05, 4.69) is 41.8 Å². The van der Waals surface area contributed by atoms with Crippen LogP contribution >= 0.6 is 31.9 Å². The Hall–Kier alpha value is -1.07. The topological polar surface area (TPSA) is 49.6 Å². The highest BCUT2D eigenvalue weighted by molar-refractivity contribution is 9.11. The van der Waals surface area contributed by atoms with Crippen LogP contribution in [-0.2, 0) is 12.8 Å². The molecule has 0 spiro atoms. The lowest BCUT2D eigenvalue weighted by Crippen LogP contribution is -2.08. The second-order valence-corrected chi connectivity index (χ2v) is 5.44. The first-order valence-electron chi connectivity index (χ1n) is 5.42. The second-order valence-electron chi connectivity index (χ2n) is 3.87. The van der Waals surface area contributed by atoms with Crippen molar-refractivity contribution in [2.24, 2.45) is 0 Å². The van der Waals surface area contributed by atoms with Gasteiger partial charge in [-0.25, -0.2) is 4.98 Å². The Morgan fingerprint density at radius 3 is 2.50 bits per heavy atom. The van der Waals surface area contributed by atoms with Gasteiger partial charge in [-0.15, -0.1) is 0 Å². The zero-order valence-electron chi connectivity index (χ0n) is 9.53. The maximum atomic E-state index is 8.01. The standard InChI is InChI=1S/C13H11Br2N3/c14-12-8-17-11(13(15)18-12)7-10(16)6-9-4-2-1-3-5-9/h1-5,8,16H,6-7H2. The molecule has 1 aromatic carbocycles. The predicted molar refractivity (Wildman–Crippen MR) is 79.0 cm³/mol. The molecule has 18 heavy (non-hydrogen) atoms. The Labute approximate surface area is 122 Å². The van der Waals surface area contributed by atoms with E-state index >= 15 is 0 Å². The summed E-state index contributed by atoms with van der Waals surface area (Å²) in [6.07, 6.45) is 2.80. The van der Waals surface area contributed by atoms with Crippen LogP contribution in [-0.4, -0.2) is 15.7 Å². The van der Waals surface area contributed by atoms with Gasteiger partial charge >= 0.3 is 0 Å². The van der Waals surface area contributed by atoms with E-state index in [9.17, 15) is 0 Å². The van der Waals surface area contributed by atoms with Crippen molar-refractivity contribution in [3.63, 3.8) is 0 Å². The lowest BCUT2D eigenvalue weighted by atomic mass is 10.1. The summed E-state index contributed by atoms with van der Waals surface area (Å²) in [5.41, 5.74) is 2.56. The van der Waals surface area contributed by atoms with Crippen LogP contribution in [0, 0.1) is 5.41 Å². The summed E-state index contributed by atoms with van der Waals surface area (Å²) in [4.78, 5) is 8.47. The Balaban J connectivity index is 2.03. The van der Waals surface area contributed by atoms with E-state index in [1.807, 2.05) is 30.3 Å². The summed E-state index contributed by atoms with van der Waals surface area (Å²) in [7, 11) is 0. The molecule has 0 unspecified atom stereocenters. The zero-order chi connectivity index (χ0) is 13.0. The van der Waals surface area contributed by atoms with Gasteiger partial charge in [0, 0.05) is 18.6 Å². The molecule has 0 aliphatic heterocycles. The molecule has 0 radical (unpaired) electrons. The molecule has 0 atom stereocenters. The van der Waals surface area contributed by atoms with Crippen molar-refractivity contribution < 1.29 is 0 Å². The fourth-order valence-electron chi connectivity index (χ4n) is 1.60. The molecule has 5 heteroatoms. The third kappa shape index (κ3) is 3.71. The SMILES string of the molecule is N=C(Cc1ccccc1)Cc1ncc(Br)nc1Br. The quantitative estimate of drug-likeness (QED) is 0.834. The first kappa shape index (κ1) is 13.4. The lowest BCUT2D eigenvalue weighted by molar-refractivity contribution is 1.01. The molecule has 3 nitrogen and oxygen atoms in total. The van der Waals surface area contributed by atoms with Gasteiger partial charge in [-0.1, -0.05) is 30.3 Å². The molecule has 0 bridgehead atoms. The molecule has 2 rings (SSSR count). The molecule has 0 aliphatic rings. The smallest absolute Gasteiger partial charge is 0.129 e. The first-order chi connectivity index (χ1) is 8.65. The van der Waals surface area contributed by atoms with E-state index < -0.39 is 0 Å². The number of aromatic nitrogens is 2. The third-order valence-electron chi connectivity index (χ3n) is 2.41. The average molecular weight is 369 g/mol. The van der Waals surface area contributed by atoms with E-state index in [-0.39, 0.29) is 0 Å². The number of rotatable bonds is 4. The largest absolute Gasteiger partial charge is 0.309 e.